The molecule has 0 fully saturated rings. The van der Waals surface area contributed by atoms with Crippen molar-refractivity contribution in [2.24, 2.45) is 5.73 Å². The van der Waals surface area contributed by atoms with Crippen molar-refractivity contribution in [3.05, 3.63) is 23.5 Å². The van der Waals surface area contributed by atoms with Crippen molar-refractivity contribution >= 4 is 0 Å². The first-order valence-electron chi connectivity index (χ1n) is 4.53. The number of nitrogens with zero attached hydrogens (tertiary/aromatic N) is 1. The maximum absolute atomic E-state index is 5.53. The molecule has 12 heavy (non-hydrogen) atoms. The van der Waals surface area contributed by atoms with E-state index in [1.165, 1.54) is 11.4 Å². The normalized spacial score (nSPS) is 11.1. The zero-order valence-corrected chi connectivity index (χ0v) is 8.17. The van der Waals surface area contributed by atoms with E-state index in [1.807, 2.05) is 0 Å². The molecule has 0 aliphatic heterocycles. The van der Waals surface area contributed by atoms with Crippen molar-refractivity contribution in [3.8, 4) is 0 Å². The van der Waals surface area contributed by atoms with Crippen molar-refractivity contribution in [2.75, 3.05) is 6.54 Å². The van der Waals surface area contributed by atoms with Crippen molar-refractivity contribution in [2.45, 2.75) is 33.2 Å². The van der Waals surface area contributed by atoms with Crippen LogP contribution in [0.1, 0.15) is 31.3 Å². The topological polar surface area (TPSA) is 30.9 Å². The number of hydrogen-bond acceptors (Lipinski definition) is 1. The Hall–Kier alpha value is -0.760. The largest absolute Gasteiger partial charge is 0.346 e. The summed E-state index contributed by atoms with van der Waals surface area (Å²) >= 11 is 0. The zero-order chi connectivity index (χ0) is 9.14. The van der Waals surface area contributed by atoms with Crippen molar-refractivity contribution in [1.29, 1.82) is 0 Å². The molecule has 68 valence electrons. The molecule has 0 saturated heterocycles. The van der Waals surface area contributed by atoms with E-state index in [-0.39, 0.29) is 0 Å². The summed E-state index contributed by atoms with van der Waals surface area (Å²) in [4.78, 5) is 0. The molecule has 0 aromatic carbocycles. The second kappa shape index (κ2) is 3.76. The molecule has 2 N–H and O–H groups in total. The van der Waals surface area contributed by atoms with Gasteiger partial charge in [0.2, 0.25) is 0 Å². The highest BCUT2D eigenvalue weighted by atomic mass is 15.0. The molecule has 0 bridgehead atoms. The molecular formula is C10H18N2. The second-order valence-electron chi connectivity index (χ2n) is 3.47. The summed E-state index contributed by atoms with van der Waals surface area (Å²) in [6, 6.07) is 4.87. The molecule has 2 heteroatoms. The molecule has 2 nitrogen and oxygen atoms in total. The Kier molecular flexibility index (Phi) is 2.93. The fraction of sp³-hybridized carbons (Fsp3) is 0.600. The van der Waals surface area contributed by atoms with Gasteiger partial charge in [-0.1, -0.05) is 0 Å². The summed E-state index contributed by atoms with van der Waals surface area (Å²) in [6.45, 7) is 7.27. The summed E-state index contributed by atoms with van der Waals surface area (Å²) in [6.07, 6.45) is 0.978. The van der Waals surface area contributed by atoms with Gasteiger partial charge in [-0.05, 0) is 45.9 Å². The SMILES string of the molecule is Cc1ccc(CCN)n1C(C)C. The molecule has 0 atom stereocenters. The summed E-state index contributed by atoms with van der Waals surface area (Å²) in [5, 5.41) is 0. The van der Waals surface area contributed by atoms with E-state index in [9.17, 15) is 0 Å². The van der Waals surface area contributed by atoms with Gasteiger partial charge in [-0.15, -0.1) is 0 Å². The van der Waals surface area contributed by atoms with E-state index in [0.717, 1.165) is 13.0 Å². The Balaban J connectivity index is 2.95. The lowest BCUT2D eigenvalue weighted by atomic mass is 10.3. The molecule has 1 aromatic heterocycles. The lowest BCUT2D eigenvalue weighted by Crippen LogP contribution is -2.11. The summed E-state index contributed by atoms with van der Waals surface area (Å²) in [5.41, 5.74) is 8.20. The smallest absolute Gasteiger partial charge is 0.0279 e. The molecule has 1 rings (SSSR count). The van der Waals surface area contributed by atoms with E-state index in [2.05, 4.69) is 37.5 Å². The van der Waals surface area contributed by atoms with E-state index in [4.69, 9.17) is 5.73 Å². The van der Waals surface area contributed by atoms with Gasteiger partial charge in [0.05, 0.1) is 0 Å². The van der Waals surface area contributed by atoms with Crippen molar-refractivity contribution in [3.63, 3.8) is 0 Å². The zero-order valence-electron chi connectivity index (χ0n) is 8.17. The fourth-order valence-electron chi connectivity index (χ4n) is 1.69. The van der Waals surface area contributed by atoms with Crippen LogP contribution >= 0.6 is 0 Å². The molecule has 0 radical (unpaired) electrons. The summed E-state index contributed by atoms with van der Waals surface area (Å²) in [7, 11) is 0. The van der Waals surface area contributed by atoms with Gasteiger partial charge in [-0.3, -0.25) is 0 Å². The van der Waals surface area contributed by atoms with Crippen LogP contribution in [0, 0.1) is 6.92 Å². The highest BCUT2D eigenvalue weighted by Gasteiger charge is 2.06. The monoisotopic (exact) mass is 166 g/mol. The summed E-state index contributed by atoms with van der Waals surface area (Å²) in [5.74, 6) is 0. The first-order chi connectivity index (χ1) is 5.66. The Morgan fingerprint density at radius 2 is 2.08 bits per heavy atom. The molecule has 0 spiro atoms. The van der Waals surface area contributed by atoms with Crippen LogP contribution < -0.4 is 5.73 Å². The molecule has 0 saturated carbocycles. The van der Waals surface area contributed by atoms with Crippen LogP contribution in [0.5, 0.6) is 0 Å². The van der Waals surface area contributed by atoms with Crippen LogP contribution in [-0.4, -0.2) is 11.1 Å². The maximum Gasteiger partial charge on any atom is 0.0279 e. The minimum atomic E-state index is 0.543. The molecule has 0 amide bonds. The number of nitrogens with two attached hydrogens (primary N) is 1. The second-order valence-corrected chi connectivity index (χ2v) is 3.47. The quantitative estimate of drug-likeness (QED) is 0.730. The van der Waals surface area contributed by atoms with Gasteiger partial charge in [-0.25, -0.2) is 0 Å². The van der Waals surface area contributed by atoms with Crippen molar-refractivity contribution in [1.82, 2.24) is 4.57 Å². The third-order valence-corrected chi connectivity index (χ3v) is 2.12. The van der Waals surface area contributed by atoms with Crippen molar-refractivity contribution < 1.29 is 0 Å². The average molecular weight is 166 g/mol. The molecule has 1 aromatic rings. The first-order valence-corrected chi connectivity index (χ1v) is 4.53. The summed E-state index contributed by atoms with van der Waals surface area (Å²) < 4.78 is 2.34. The van der Waals surface area contributed by atoms with Gasteiger partial charge in [0.25, 0.3) is 0 Å². The van der Waals surface area contributed by atoms with E-state index >= 15 is 0 Å². The van der Waals surface area contributed by atoms with E-state index < -0.39 is 0 Å². The highest BCUT2D eigenvalue weighted by molar-refractivity contribution is 5.16. The molecular weight excluding hydrogens is 148 g/mol. The third kappa shape index (κ3) is 1.69. The maximum atomic E-state index is 5.53. The van der Waals surface area contributed by atoms with Crippen LogP contribution in [-0.2, 0) is 6.42 Å². The predicted octanol–water partition coefficient (Wildman–Crippen LogP) is 1.88. The van der Waals surface area contributed by atoms with Crippen LogP contribution in [0.4, 0.5) is 0 Å². The van der Waals surface area contributed by atoms with Crippen LogP contribution in [0.3, 0.4) is 0 Å². The highest BCUT2D eigenvalue weighted by Crippen LogP contribution is 2.15. The van der Waals surface area contributed by atoms with Gasteiger partial charge < -0.3 is 10.3 Å². The standard InChI is InChI=1S/C10H18N2/c1-8(2)12-9(3)4-5-10(12)6-7-11/h4-5,8H,6-7,11H2,1-3H3. The van der Waals surface area contributed by atoms with Gasteiger partial charge in [0.15, 0.2) is 0 Å². The van der Waals surface area contributed by atoms with Crippen LogP contribution in [0.25, 0.3) is 0 Å². The van der Waals surface area contributed by atoms with Crippen LogP contribution in [0.15, 0.2) is 12.1 Å². The number of aryl methyl sites for hydroxylation is 1. The molecule has 0 aliphatic carbocycles. The predicted molar refractivity (Wildman–Crippen MR) is 52.3 cm³/mol. The van der Waals surface area contributed by atoms with Gasteiger partial charge in [0, 0.05) is 17.4 Å². The Bertz CT molecular complexity index is 248. The van der Waals surface area contributed by atoms with E-state index in [0.29, 0.717) is 6.04 Å². The molecule has 0 aliphatic rings. The molecule has 1 heterocycles. The first kappa shape index (κ1) is 9.33. The molecule has 0 unspecified atom stereocenters. The lowest BCUT2D eigenvalue weighted by molar-refractivity contribution is 0.562. The lowest BCUT2D eigenvalue weighted by Gasteiger charge is -2.14. The van der Waals surface area contributed by atoms with Crippen LogP contribution in [0.2, 0.25) is 0 Å². The third-order valence-electron chi connectivity index (χ3n) is 2.12. The Morgan fingerprint density at radius 3 is 2.58 bits per heavy atom. The fourth-order valence-corrected chi connectivity index (χ4v) is 1.69. The number of hydrogen-bond donors (Lipinski definition) is 1. The van der Waals surface area contributed by atoms with Gasteiger partial charge >= 0.3 is 0 Å². The number of aromatic nitrogens is 1. The Labute approximate surface area is 74.4 Å². The average Bonchev–Trinajstić information content (AvgIpc) is 2.32. The van der Waals surface area contributed by atoms with Gasteiger partial charge in [-0.2, -0.15) is 0 Å². The minimum Gasteiger partial charge on any atom is -0.346 e. The van der Waals surface area contributed by atoms with E-state index in [1.54, 1.807) is 0 Å². The van der Waals surface area contributed by atoms with Gasteiger partial charge in [0.1, 0.15) is 0 Å². The number of rotatable bonds is 3. The minimum absolute atomic E-state index is 0.543. The Morgan fingerprint density at radius 1 is 1.42 bits per heavy atom.